The highest BCUT2D eigenvalue weighted by molar-refractivity contribution is 5.94. The normalized spacial score (nSPS) is 16.4. The predicted molar refractivity (Wildman–Crippen MR) is 94.2 cm³/mol. The molecule has 0 amide bonds. The maximum Gasteiger partial charge on any atom is 0.240 e. The van der Waals surface area contributed by atoms with Gasteiger partial charge >= 0.3 is 0 Å². The number of anilines is 1. The third-order valence-corrected chi connectivity index (χ3v) is 3.85. The number of hydrogen-bond acceptors (Lipinski definition) is 7. The Hall–Kier alpha value is -3.48. The number of benzene rings is 1. The number of ether oxygens (including phenoxy) is 1. The van der Waals surface area contributed by atoms with E-state index in [1.807, 2.05) is 49.5 Å². The Balaban J connectivity index is 1.67. The monoisotopic (exact) mass is 332 g/mol. The lowest BCUT2D eigenvalue weighted by atomic mass is 10.2. The summed E-state index contributed by atoms with van der Waals surface area (Å²) in [6.45, 7) is 0. The first-order valence-corrected chi connectivity index (χ1v) is 7.78. The smallest absolute Gasteiger partial charge is 0.240 e. The lowest BCUT2D eigenvalue weighted by Gasteiger charge is -2.18. The Morgan fingerprint density at radius 1 is 1.04 bits per heavy atom. The predicted octanol–water partition coefficient (Wildman–Crippen LogP) is 2.44. The van der Waals surface area contributed by atoms with Crippen molar-refractivity contribution in [2.45, 2.75) is 6.23 Å². The van der Waals surface area contributed by atoms with Crippen LogP contribution in [-0.4, -0.2) is 32.9 Å². The summed E-state index contributed by atoms with van der Waals surface area (Å²) < 4.78 is 6.00. The molecule has 1 aliphatic rings. The van der Waals surface area contributed by atoms with E-state index in [-0.39, 0.29) is 0 Å². The molecule has 3 heterocycles. The number of rotatable bonds is 3. The third-order valence-electron chi connectivity index (χ3n) is 3.85. The van der Waals surface area contributed by atoms with E-state index in [4.69, 9.17) is 10.5 Å². The van der Waals surface area contributed by atoms with Crippen molar-refractivity contribution in [3.05, 3.63) is 72.3 Å². The zero-order chi connectivity index (χ0) is 17.2. The second-order valence-electron chi connectivity index (χ2n) is 5.58. The average molecular weight is 332 g/mol. The quantitative estimate of drug-likeness (QED) is 0.792. The summed E-state index contributed by atoms with van der Waals surface area (Å²) >= 11 is 0. The highest BCUT2D eigenvalue weighted by atomic mass is 16.5. The molecule has 2 aromatic heterocycles. The first-order chi connectivity index (χ1) is 12.2. The van der Waals surface area contributed by atoms with Crippen molar-refractivity contribution in [1.29, 1.82) is 0 Å². The molecule has 1 atom stereocenters. The molecule has 1 aliphatic heterocycles. The van der Waals surface area contributed by atoms with Crippen LogP contribution >= 0.6 is 0 Å². The molecule has 3 aromatic rings. The van der Waals surface area contributed by atoms with Gasteiger partial charge in [0.15, 0.2) is 5.82 Å². The van der Waals surface area contributed by atoms with Crippen LogP contribution in [0.2, 0.25) is 0 Å². The summed E-state index contributed by atoms with van der Waals surface area (Å²) in [5.74, 6) is 0.843. The number of hydrogen-bond donors (Lipinski definition) is 1. The van der Waals surface area contributed by atoms with E-state index in [1.165, 1.54) is 0 Å². The van der Waals surface area contributed by atoms with Gasteiger partial charge in [0.1, 0.15) is 5.69 Å². The van der Waals surface area contributed by atoms with Crippen LogP contribution in [0.15, 0.2) is 66.2 Å². The minimum absolute atomic E-state index is 0.314. The minimum Gasteiger partial charge on any atom is -0.444 e. The van der Waals surface area contributed by atoms with E-state index in [2.05, 4.69) is 20.1 Å². The van der Waals surface area contributed by atoms with Crippen molar-refractivity contribution in [3.8, 4) is 11.3 Å². The van der Waals surface area contributed by atoms with Gasteiger partial charge < -0.3 is 10.5 Å². The molecule has 0 saturated heterocycles. The van der Waals surface area contributed by atoms with Crippen molar-refractivity contribution in [3.63, 3.8) is 0 Å². The highest BCUT2D eigenvalue weighted by Crippen LogP contribution is 2.31. The fourth-order valence-corrected chi connectivity index (χ4v) is 2.59. The maximum atomic E-state index is 6.05. The van der Waals surface area contributed by atoms with Gasteiger partial charge in [0, 0.05) is 30.6 Å². The van der Waals surface area contributed by atoms with Gasteiger partial charge in [-0.2, -0.15) is 0 Å². The molecule has 0 radical (unpaired) electrons. The van der Waals surface area contributed by atoms with Crippen molar-refractivity contribution in [2.24, 2.45) is 5.10 Å². The van der Waals surface area contributed by atoms with Crippen molar-refractivity contribution in [1.82, 2.24) is 20.0 Å². The molecule has 25 heavy (non-hydrogen) atoms. The Kier molecular flexibility index (Phi) is 3.74. The van der Waals surface area contributed by atoms with Crippen LogP contribution in [0.25, 0.3) is 11.3 Å². The minimum atomic E-state index is -0.528. The van der Waals surface area contributed by atoms with Crippen LogP contribution in [0.1, 0.15) is 17.5 Å². The Morgan fingerprint density at radius 2 is 1.84 bits per heavy atom. The van der Waals surface area contributed by atoms with Crippen LogP contribution in [0.5, 0.6) is 0 Å². The second-order valence-corrected chi connectivity index (χ2v) is 5.58. The standard InChI is InChI=1S/C18H16N6O/c1-24-18(25-17(23-24)12-6-3-2-4-7-12)15-16(19)21-11-14(22-15)13-8-5-9-20-10-13/h2-11,18H,1H3,(H2,19,21). The molecule has 2 N–H and O–H groups in total. The van der Waals surface area contributed by atoms with Crippen LogP contribution in [0.4, 0.5) is 5.82 Å². The molecule has 0 saturated carbocycles. The van der Waals surface area contributed by atoms with Gasteiger partial charge in [0.25, 0.3) is 0 Å². The van der Waals surface area contributed by atoms with Gasteiger partial charge in [-0.25, -0.2) is 9.97 Å². The molecule has 7 heteroatoms. The third kappa shape index (κ3) is 2.87. The maximum absolute atomic E-state index is 6.05. The summed E-state index contributed by atoms with van der Waals surface area (Å²) in [7, 11) is 1.82. The molecule has 7 nitrogen and oxygen atoms in total. The van der Waals surface area contributed by atoms with E-state index in [9.17, 15) is 0 Å². The first kappa shape index (κ1) is 15.1. The Labute approximate surface area is 144 Å². The second kappa shape index (κ2) is 6.20. The van der Waals surface area contributed by atoms with Crippen LogP contribution in [0.3, 0.4) is 0 Å². The SMILES string of the molecule is CN1N=C(c2ccccc2)OC1c1nc(-c2cccnc2)cnc1N. The number of hydrazone groups is 1. The lowest BCUT2D eigenvalue weighted by Crippen LogP contribution is -2.19. The highest BCUT2D eigenvalue weighted by Gasteiger charge is 2.31. The number of nitrogens with two attached hydrogens (primary N) is 1. The fourth-order valence-electron chi connectivity index (χ4n) is 2.59. The number of aromatic nitrogens is 3. The fraction of sp³-hybridized carbons (Fsp3) is 0.111. The van der Waals surface area contributed by atoms with E-state index in [0.29, 0.717) is 23.1 Å². The zero-order valence-corrected chi connectivity index (χ0v) is 13.6. The van der Waals surface area contributed by atoms with E-state index in [0.717, 1.165) is 11.1 Å². The van der Waals surface area contributed by atoms with Crippen molar-refractivity contribution in [2.75, 3.05) is 12.8 Å². The van der Waals surface area contributed by atoms with Crippen LogP contribution in [-0.2, 0) is 4.74 Å². The number of nitrogen functional groups attached to an aromatic ring is 1. The van der Waals surface area contributed by atoms with Gasteiger partial charge in [0.05, 0.1) is 11.9 Å². The molecule has 0 spiro atoms. The van der Waals surface area contributed by atoms with E-state index >= 15 is 0 Å². The summed E-state index contributed by atoms with van der Waals surface area (Å²) in [6, 6.07) is 13.5. The summed E-state index contributed by atoms with van der Waals surface area (Å²) in [4.78, 5) is 13.0. The lowest BCUT2D eigenvalue weighted by molar-refractivity contribution is 0.0744. The topological polar surface area (TPSA) is 89.5 Å². The van der Waals surface area contributed by atoms with Crippen molar-refractivity contribution >= 4 is 11.7 Å². The summed E-state index contributed by atoms with van der Waals surface area (Å²) in [6.07, 6.45) is 4.54. The molecule has 4 rings (SSSR count). The number of pyridine rings is 1. The van der Waals surface area contributed by atoms with Gasteiger partial charge in [-0.3, -0.25) is 9.99 Å². The zero-order valence-electron chi connectivity index (χ0n) is 13.6. The van der Waals surface area contributed by atoms with Crippen LogP contribution < -0.4 is 5.73 Å². The van der Waals surface area contributed by atoms with Gasteiger partial charge in [-0.15, -0.1) is 5.10 Å². The van der Waals surface area contributed by atoms with E-state index in [1.54, 1.807) is 23.6 Å². The number of nitrogens with zero attached hydrogens (tertiary/aromatic N) is 5. The van der Waals surface area contributed by atoms with Gasteiger partial charge in [0.2, 0.25) is 12.1 Å². The first-order valence-electron chi connectivity index (χ1n) is 7.78. The Bertz CT molecular complexity index is 913. The van der Waals surface area contributed by atoms with Gasteiger partial charge in [-0.05, 0) is 24.3 Å². The molecule has 1 unspecified atom stereocenters. The largest absolute Gasteiger partial charge is 0.444 e. The Morgan fingerprint density at radius 3 is 2.60 bits per heavy atom. The van der Waals surface area contributed by atoms with Gasteiger partial charge in [-0.1, -0.05) is 18.2 Å². The summed E-state index contributed by atoms with van der Waals surface area (Å²) in [5, 5.41) is 6.14. The molecule has 0 aliphatic carbocycles. The van der Waals surface area contributed by atoms with Crippen LogP contribution in [0, 0.1) is 0 Å². The molecule has 0 fully saturated rings. The summed E-state index contributed by atoms with van der Waals surface area (Å²) in [5.41, 5.74) is 9.01. The average Bonchev–Trinajstić information content (AvgIpc) is 3.05. The molecule has 0 bridgehead atoms. The molecule has 124 valence electrons. The van der Waals surface area contributed by atoms with E-state index < -0.39 is 6.23 Å². The van der Waals surface area contributed by atoms with Crippen molar-refractivity contribution < 1.29 is 4.74 Å². The molecular weight excluding hydrogens is 316 g/mol. The molecule has 1 aromatic carbocycles. The molecular formula is C18H16N6O.